The number of halogens is 17. The molecule has 0 aliphatic heterocycles. The van der Waals surface area contributed by atoms with E-state index < -0.39 is 77.7 Å². The van der Waals surface area contributed by atoms with E-state index in [1.165, 1.54) is 24.3 Å². The Morgan fingerprint density at radius 2 is 0.926 bits per heavy atom. The molecule has 3 aromatic carbocycles. The predicted molar refractivity (Wildman–Crippen MR) is 149 cm³/mol. The van der Waals surface area contributed by atoms with Crippen molar-refractivity contribution in [2.24, 2.45) is 0 Å². The fourth-order valence-electron chi connectivity index (χ4n) is 4.23. The Bertz CT molecular complexity index is 1760. The molecular formula is C32H21F17O5. The third kappa shape index (κ3) is 8.01. The monoisotopic (exact) mass is 808 g/mol. The SMILES string of the molecule is CC(CC(F)(F)C(F)(F)C(F)(F)C(F)(F)C(F)(F)C(F)(F)C(F)(F)C(F)(F)F)OC(=O)c1ccc(C(=O)Oc2ccc(OCc3ccccc3)cc2)cc1. The molecular weight excluding hydrogens is 787 g/mol. The maximum atomic E-state index is 14.3. The zero-order chi connectivity index (χ0) is 41.3. The molecule has 0 fully saturated rings. The highest BCUT2D eigenvalue weighted by Gasteiger charge is 2.95. The Balaban J connectivity index is 1.67. The van der Waals surface area contributed by atoms with Crippen LogP contribution in [0.4, 0.5) is 74.6 Å². The maximum absolute atomic E-state index is 14.3. The van der Waals surface area contributed by atoms with Crippen molar-refractivity contribution in [3.8, 4) is 11.5 Å². The van der Waals surface area contributed by atoms with Crippen molar-refractivity contribution < 1.29 is 98.4 Å². The van der Waals surface area contributed by atoms with Gasteiger partial charge in [0.2, 0.25) is 0 Å². The van der Waals surface area contributed by atoms with E-state index in [4.69, 9.17) is 9.47 Å². The first-order valence-electron chi connectivity index (χ1n) is 14.5. The Hall–Kier alpha value is -4.79. The number of rotatable bonds is 15. The largest absolute Gasteiger partial charge is 0.489 e. The highest BCUT2D eigenvalue weighted by molar-refractivity contribution is 5.94. The van der Waals surface area contributed by atoms with E-state index in [1.54, 1.807) is 12.1 Å². The Labute approximate surface area is 291 Å². The van der Waals surface area contributed by atoms with Crippen LogP contribution in [0.2, 0.25) is 0 Å². The molecule has 0 heterocycles. The van der Waals surface area contributed by atoms with Gasteiger partial charge in [0.15, 0.2) is 0 Å². The third-order valence-corrected chi connectivity index (χ3v) is 7.28. The Kier molecular flexibility index (Phi) is 12.0. The van der Waals surface area contributed by atoms with Crippen LogP contribution < -0.4 is 9.47 Å². The summed E-state index contributed by atoms with van der Waals surface area (Å²) in [5.74, 6) is -59.8. The number of carbonyl (C=O) groups is 2. The number of carbonyl (C=O) groups excluding carboxylic acids is 2. The molecule has 3 rings (SSSR count). The Morgan fingerprint density at radius 1 is 0.519 bits per heavy atom. The number of esters is 2. The van der Waals surface area contributed by atoms with Crippen LogP contribution in [0.1, 0.15) is 39.6 Å². The van der Waals surface area contributed by atoms with Gasteiger partial charge in [0.25, 0.3) is 0 Å². The molecule has 0 aromatic heterocycles. The molecule has 0 bridgehead atoms. The van der Waals surface area contributed by atoms with Crippen molar-refractivity contribution in [1.82, 2.24) is 0 Å². The van der Waals surface area contributed by atoms with Gasteiger partial charge in [-0.15, -0.1) is 0 Å². The first kappa shape index (κ1) is 43.6. The Morgan fingerprint density at radius 3 is 1.39 bits per heavy atom. The molecule has 0 N–H and O–H groups in total. The van der Waals surface area contributed by atoms with Gasteiger partial charge in [-0.2, -0.15) is 74.6 Å². The van der Waals surface area contributed by atoms with E-state index >= 15 is 0 Å². The first-order valence-corrected chi connectivity index (χ1v) is 14.5. The fourth-order valence-corrected chi connectivity index (χ4v) is 4.23. The van der Waals surface area contributed by atoms with Gasteiger partial charge >= 0.3 is 59.6 Å². The summed E-state index contributed by atoms with van der Waals surface area (Å²) >= 11 is 0. The second-order valence-electron chi connectivity index (χ2n) is 11.3. The average molecular weight is 808 g/mol. The number of ether oxygens (including phenoxy) is 3. The summed E-state index contributed by atoms with van der Waals surface area (Å²) in [5, 5.41) is 0. The van der Waals surface area contributed by atoms with Gasteiger partial charge in [0, 0.05) is 0 Å². The van der Waals surface area contributed by atoms with Crippen molar-refractivity contribution >= 4 is 11.9 Å². The molecule has 22 heteroatoms. The van der Waals surface area contributed by atoms with Gasteiger partial charge in [-0.25, -0.2) is 9.59 Å². The summed E-state index contributed by atoms with van der Waals surface area (Å²) in [6.45, 7) is 0.472. The lowest BCUT2D eigenvalue weighted by Crippen LogP contribution is -2.74. The summed E-state index contributed by atoms with van der Waals surface area (Å²) in [6, 6.07) is 18.0. The fraction of sp³-hybridized carbons (Fsp3) is 0.375. The van der Waals surface area contributed by atoms with E-state index in [0.29, 0.717) is 5.75 Å². The molecule has 0 saturated heterocycles. The lowest BCUT2D eigenvalue weighted by atomic mass is 9.88. The lowest BCUT2D eigenvalue weighted by Gasteiger charge is -2.43. The molecule has 54 heavy (non-hydrogen) atoms. The molecule has 3 aromatic rings. The molecule has 1 atom stereocenters. The second kappa shape index (κ2) is 14.8. The smallest absolute Gasteiger partial charge is 0.460 e. The minimum absolute atomic E-state index is 0.0159. The molecule has 1 unspecified atom stereocenters. The van der Waals surface area contributed by atoms with E-state index in [-0.39, 0.29) is 24.8 Å². The van der Waals surface area contributed by atoms with Gasteiger partial charge in [-0.05, 0) is 61.0 Å². The summed E-state index contributed by atoms with van der Waals surface area (Å²) in [7, 11) is 0. The van der Waals surface area contributed by atoms with Crippen LogP contribution in [-0.4, -0.2) is 65.7 Å². The highest BCUT2D eigenvalue weighted by atomic mass is 19.4. The van der Waals surface area contributed by atoms with Crippen LogP contribution in [0.25, 0.3) is 0 Å². The number of hydrogen-bond donors (Lipinski definition) is 0. The van der Waals surface area contributed by atoms with E-state index in [0.717, 1.165) is 29.8 Å². The van der Waals surface area contributed by atoms with Crippen LogP contribution >= 0.6 is 0 Å². The van der Waals surface area contributed by atoms with Gasteiger partial charge in [0.1, 0.15) is 24.2 Å². The van der Waals surface area contributed by atoms with Gasteiger partial charge < -0.3 is 14.2 Å². The standard InChI is InChI=1S/C32H21F17O5/c1-17(15-25(33,34)26(35,36)27(37,38)28(39,40)29(41,42)30(43,44)31(45,46)32(47,48)49)53-23(50)19-7-9-20(10-8-19)24(51)54-22-13-11-21(12-14-22)52-16-18-5-3-2-4-6-18/h2-14,17H,15-16H2,1H3. The van der Waals surface area contributed by atoms with Crippen LogP contribution in [0, 0.1) is 0 Å². The number of alkyl halides is 17. The normalized spacial score (nSPS) is 14.3. The average Bonchev–Trinajstić information content (AvgIpc) is 3.07. The van der Waals surface area contributed by atoms with E-state index in [1.807, 2.05) is 18.2 Å². The minimum Gasteiger partial charge on any atom is -0.489 e. The predicted octanol–water partition coefficient (Wildman–Crippen LogP) is 10.4. The van der Waals surface area contributed by atoms with Gasteiger partial charge in [-0.1, -0.05) is 30.3 Å². The zero-order valence-corrected chi connectivity index (χ0v) is 26.5. The zero-order valence-electron chi connectivity index (χ0n) is 26.5. The lowest BCUT2D eigenvalue weighted by molar-refractivity contribution is -0.462. The van der Waals surface area contributed by atoms with Gasteiger partial charge in [-0.3, -0.25) is 0 Å². The first-order chi connectivity index (χ1) is 24.4. The van der Waals surface area contributed by atoms with E-state index in [2.05, 4.69) is 4.74 Å². The van der Waals surface area contributed by atoms with Crippen molar-refractivity contribution in [2.75, 3.05) is 0 Å². The van der Waals surface area contributed by atoms with Crippen LogP contribution in [0.3, 0.4) is 0 Å². The summed E-state index contributed by atoms with van der Waals surface area (Å²) in [6.07, 6.45) is -13.5. The number of hydrogen-bond acceptors (Lipinski definition) is 5. The third-order valence-electron chi connectivity index (χ3n) is 7.28. The van der Waals surface area contributed by atoms with Crippen LogP contribution in [-0.2, 0) is 11.3 Å². The molecule has 0 saturated carbocycles. The quantitative estimate of drug-likeness (QED) is 0.0870. The summed E-state index contributed by atoms with van der Waals surface area (Å²) in [5.41, 5.74) is -0.0446. The molecule has 0 aliphatic carbocycles. The van der Waals surface area contributed by atoms with Crippen molar-refractivity contribution in [3.05, 3.63) is 95.6 Å². The van der Waals surface area contributed by atoms with Crippen LogP contribution in [0.15, 0.2) is 78.9 Å². The molecule has 0 spiro atoms. The topological polar surface area (TPSA) is 61.8 Å². The number of benzene rings is 3. The van der Waals surface area contributed by atoms with Crippen molar-refractivity contribution in [3.63, 3.8) is 0 Å². The maximum Gasteiger partial charge on any atom is 0.460 e. The van der Waals surface area contributed by atoms with E-state index in [9.17, 15) is 84.2 Å². The second-order valence-corrected chi connectivity index (χ2v) is 11.3. The molecule has 0 amide bonds. The van der Waals surface area contributed by atoms with Crippen LogP contribution in [0.5, 0.6) is 11.5 Å². The molecule has 298 valence electrons. The summed E-state index contributed by atoms with van der Waals surface area (Å²) in [4.78, 5) is 24.8. The van der Waals surface area contributed by atoms with Crippen molar-refractivity contribution in [2.45, 2.75) is 73.7 Å². The van der Waals surface area contributed by atoms with Gasteiger partial charge in [0.05, 0.1) is 17.5 Å². The summed E-state index contributed by atoms with van der Waals surface area (Å²) < 4.78 is 245. The molecule has 0 aliphatic rings. The highest BCUT2D eigenvalue weighted by Crippen LogP contribution is 2.64. The minimum atomic E-state index is -8.75. The molecule has 0 radical (unpaired) electrons. The molecule has 5 nitrogen and oxygen atoms in total. The van der Waals surface area contributed by atoms with Crippen molar-refractivity contribution in [1.29, 1.82) is 0 Å².